The van der Waals surface area contributed by atoms with Crippen molar-refractivity contribution in [3.63, 3.8) is 0 Å². The third kappa shape index (κ3) is 5.47. The van der Waals surface area contributed by atoms with Crippen LogP contribution >= 0.6 is 0 Å². The van der Waals surface area contributed by atoms with E-state index in [9.17, 15) is 13.2 Å². The molecule has 1 aromatic heterocycles. The Morgan fingerprint density at radius 2 is 1.96 bits per heavy atom. The van der Waals surface area contributed by atoms with Crippen molar-refractivity contribution in [2.45, 2.75) is 26.1 Å². The number of hydrogen-bond donors (Lipinski definition) is 1. The summed E-state index contributed by atoms with van der Waals surface area (Å²) in [5, 5.41) is 6.90. The Bertz CT molecular complexity index is 701. The van der Waals surface area contributed by atoms with E-state index >= 15 is 0 Å². The smallest absolute Gasteiger partial charge is 0.416 e. The Morgan fingerprint density at radius 3 is 2.62 bits per heavy atom. The lowest BCUT2D eigenvalue weighted by Crippen LogP contribution is -2.19. The van der Waals surface area contributed by atoms with Crippen LogP contribution in [0.5, 0.6) is 5.75 Å². The van der Waals surface area contributed by atoms with Gasteiger partial charge in [0.2, 0.25) is 0 Å². The lowest BCUT2D eigenvalue weighted by molar-refractivity contribution is -0.137. The maximum absolute atomic E-state index is 13.3. The zero-order chi connectivity index (χ0) is 19.2. The van der Waals surface area contributed by atoms with E-state index in [2.05, 4.69) is 22.0 Å². The predicted molar refractivity (Wildman–Crippen MR) is 93.0 cm³/mol. The molecule has 1 aromatic carbocycles. The number of methoxy groups -OCH3 is 1. The van der Waals surface area contributed by atoms with Gasteiger partial charge in [0.1, 0.15) is 12.4 Å². The number of nitrogens with zero attached hydrogens (tertiary/aromatic N) is 2. The molecular weight excluding hydrogens is 347 g/mol. The second kappa shape index (κ2) is 9.05. The Kier molecular flexibility index (Phi) is 7.05. The molecule has 0 aliphatic carbocycles. The summed E-state index contributed by atoms with van der Waals surface area (Å²) in [6.45, 7) is 3.99. The first-order valence-electron chi connectivity index (χ1n) is 8.40. The first kappa shape index (κ1) is 20.3. The van der Waals surface area contributed by atoms with Gasteiger partial charge in [0.15, 0.2) is 0 Å². The molecule has 5 nitrogen and oxygen atoms in total. The van der Waals surface area contributed by atoms with Gasteiger partial charge >= 0.3 is 6.18 Å². The Balaban J connectivity index is 2.36. The fraction of sp³-hybridized carbons (Fsp3) is 0.500. The molecule has 0 unspecified atom stereocenters. The minimum Gasteiger partial charge on any atom is -0.491 e. The summed E-state index contributed by atoms with van der Waals surface area (Å²) in [5.74, 6) is 0.154. The lowest BCUT2D eigenvalue weighted by atomic mass is 10.0. The molecular formula is C18H24F3N3O2. The van der Waals surface area contributed by atoms with Crippen LogP contribution in [0.25, 0.3) is 11.1 Å². The van der Waals surface area contributed by atoms with Crippen LogP contribution in [0.3, 0.4) is 0 Å². The third-order valence-corrected chi connectivity index (χ3v) is 3.85. The minimum absolute atomic E-state index is 0.154. The highest BCUT2D eigenvalue weighted by molar-refractivity contribution is 5.68. The number of rotatable bonds is 9. The Hall–Kier alpha value is -2.06. The Morgan fingerprint density at radius 1 is 1.19 bits per heavy atom. The first-order chi connectivity index (χ1) is 12.3. The number of ether oxygens (including phenoxy) is 2. The first-order valence-corrected chi connectivity index (χ1v) is 8.40. The number of nitrogens with one attached hydrogen (secondary N) is 1. The summed E-state index contributed by atoms with van der Waals surface area (Å²) < 4.78 is 50.1. The van der Waals surface area contributed by atoms with Crippen molar-refractivity contribution in [1.82, 2.24) is 15.1 Å². The average molecular weight is 371 g/mol. The van der Waals surface area contributed by atoms with Crippen LogP contribution < -0.4 is 4.74 Å². The molecule has 0 radical (unpaired) electrons. The summed E-state index contributed by atoms with van der Waals surface area (Å²) in [4.78, 5) is 2.08. The van der Waals surface area contributed by atoms with E-state index in [-0.39, 0.29) is 12.4 Å². The molecule has 2 aromatic rings. The fourth-order valence-corrected chi connectivity index (χ4v) is 2.66. The lowest BCUT2D eigenvalue weighted by Gasteiger charge is -2.16. The van der Waals surface area contributed by atoms with Gasteiger partial charge < -0.3 is 14.4 Å². The largest absolute Gasteiger partial charge is 0.491 e. The molecule has 0 aliphatic rings. The van der Waals surface area contributed by atoms with E-state index < -0.39 is 11.7 Å². The molecule has 0 saturated heterocycles. The van der Waals surface area contributed by atoms with Gasteiger partial charge in [0.25, 0.3) is 0 Å². The fourth-order valence-electron chi connectivity index (χ4n) is 2.66. The third-order valence-electron chi connectivity index (χ3n) is 3.85. The number of benzene rings is 1. The number of H-pyrrole nitrogens is 1. The molecule has 0 amide bonds. The molecule has 0 atom stereocenters. The van der Waals surface area contributed by atoms with Gasteiger partial charge in [-0.05, 0) is 43.8 Å². The number of alkyl halides is 3. The molecule has 0 bridgehead atoms. The molecule has 8 heteroatoms. The average Bonchev–Trinajstić information content (AvgIpc) is 3.02. The maximum Gasteiger partial charge on any atom is 0.416 e. The van der Waals surface area contributed by atoms with Crippen LogP contribution in [0, 0.1) is 0 Å². The Labute approximate surface area is 151 Å². The normalized spacial score (nSPS) is 12.0. The van der Waals surface area contributed by atoms with Crippen molar-refractivity contribution in [2.75, 3.05) is 33.9 Å². The number of aromatic nitrogens is 2. The number of hydrogen-bond acceptors (Lipinski definition) is 4. The summed E-state index contributed by atoms with van der Waals surface area (Å²) in [7, 11) is 3.46. The number of aromatic amines is 1. The van der Waals surface area contributed by atoms with E-state index in [0.717, 1.165) is 30.8 Å². The zero-order valence-corrected chi connectivity index (χ0v) is 15.2. The van der Waals surface area contributed by atoms with Crippen LogP contribution in [0.1, 0.15) is 24.6 Å². The predicted octanol–water partition coefficient (Wildman–Crippen LogP) is 3.96. The molecule has 2 rings (SSSR count). The quantitative estimate of drug-likeness (QED) is 0.678. The van der Waals surface area contributed by atoms with Crippen LogP contribution in [0.2, 0.25) is 0 Å². The molecule has 0 spiro atoms. The second-order valence-electron chi connectivity index (χ2n) is 6.09. The van der Waals surface area contributed by atoms with Crippen molar-refractivity contribution < 1.29 is 22.6 Å². The van der Waals surface area contributed by atoms with E-state index in [1.165, 1.54) is 7.11 Å². The van der Waals surface area contributed by atoms with E-state index in [1.807, 2.05) is 7.05 Å². The highest BCUT2D eigenvalue weighted by Crippen LogP contribution is 2.36. The van der Waals surface area contributed by atoms with Gasteiger partial charge in [-0.1, -0.05) is 6.92 Å². The zero-order valence-electron chi connectivity index (χ0n) is 15.2. The van der Waals surface area contributed by atoms with Gasteiger partial charge in [-0.15, -0.1) is 0 Å². The topological polar surface area (TPSA) is 50.4 Å². The second-order valence-corrected chi connectivity index (χ2v) is 6.09. The van der Waals surface area contributed by atoms with Gasteiger partial charge in [-0.3, -0.25) is 5.10 Å². The summed E-state index contributed by atoms with van der Waals surface area (Å²) in [6.07, 6.45) is -1.93. The molecule has 144 valence electrons. The summed E-state index contributed by atoms with van der Waals surface area (Å²) in [6, 6.07) is 3.72. The highest BCUT2D eigenvalue weighted by atomic mass is 19.4. The summed E-state index contributed by atoms with van der Waals surface area (Å²) >= 11 is 0. The molecule has 1 N–H and O–H groups in total. The minimum atomic E-state index is -4.46. The summed E-state index contributed by atoms with van der Waals surface area (Å²) in [5.41, 5.74) is 1.07. The van der Waals surface area contributed by atoms with Crippen molar-refractivity contribution in [3.05, 3.63) is 35.7 Å². The molecule has 0 aliphatic heterocycles. The van der Waals surface area contributed by atoms with E-state index in [0.29, 0.717) is 24.3 Å². The van der Waals surface area contributed by atoms with Gasteiger partial charge in [0.05, 0.1) is 24.1 Å². The molecule has 0 fully saturated rings. The number of halogens is 3. The standard InChI is InChI=1S/C18H24F3N3O2/c1-4-5-24(2)12-17-16(11-22-23-17)13-8-14(18(19,20)21)10-15(9-13)26-7-6-25-3/h8-11H,4-7,12H2,1-3H3,(H,22,23). The van der Waals surface area contributed by atoms with Crippen LogP contribution in [0.4, 0.5) is 13.2 Å². The SMILES string of the molecule is CCCN(C)Cc1[nH]ncc1-c1cc(OCCOC)cc(C(F)(F)F)c1. The van der Waals surface area contributed by atoms with Crippen molar-refractivity contribution >= 4 is 0 Å². The van der Waals surface area contributed by atoms with E-state index in [1.54, 1.807) is 12.3 Å². The van der Waals surface area contributed by atoms with Crippen molar-refractivity contribution in [3.8, 4) is 16.9 Å². The van der Waals surface area contributed by atoms with Gasteiger partial charge in [-0.25, -0.2) is 0 Å². The van der Waals surface area contributed by atoms with Crippen LogP contribution in [-0.2, 0) is 17.5 Å². The molecule has 26 heavy (non-hydrogen) atoms. The van der Waals surface area contributed by atoms with Crippen molar-refractivity contribution in [1.29, 1.82) is 0 Å². The monoisotopic (exact) mass is 371 g/mol. The molecule has 0 saturated carbocycles. The van der Waals surface area contributed by atoms with Crippen LogP contribution in [0.15, 0.2) is 24.4 Å². The maximum atomic E-state index is 13.3. The van der Waals surface area contributed by atoms with Crippen molar-refractivity contribution in [2.24, 2.45) is 0 Å². The van der Waals surface area contributed by atoms with Crippen LogP contribution in [-0.4, -0.2) is 49.0 Å². The van der Waals surface area contributed by atoms with E-state index in [4.69, 9.17) is 9.47 Å². The highest BCUT2D eigenvalue weighted by Gasteiger charge is 2.32. The van der Waals surface area contributed by atoms with Gasteiger partial charge in [-0.2, -0.15) is 18.3 Å². The molecule has 1 heterocycles. The van der Waals surface area contributed by atoms with Gasteiger partial charge in [0, 0.05) is 19.2 Å².